The molecular formula is C27H33ClN6O3SSi. The van der Waals surface area contributed by atoms with E-state index in [-0.39, 0.29) is 18.1 Å². The van der Waals surface area contributed by atoms with Crippen LogP contribution in [0.15, 0.2) is 30.0 Å². The monoisotopic (exact) mass is 584 g/mol. The molecule has 4 aromatic rings. The summed E-state index contributed by atoms with van der Waals surface area (Å²) in [5, 5.41) is 12.6. The summed E-state index contributed by atoms with van der Waals surface area (Å²) in [7, 11) is -1.21. The summed E-state index contributed by atoms with van der Waals surface area (Å²) < 4.78 is 9.14. The first-order valence-electron chi connectivity index (χ1n) is 13.4. The molecule has 1 amide bonds. The summed E-state index contributed by atoms with van der Waals surface area (Å²) in [6, 6.07) is 5.55. The van der Waals surface area contributed by atoms with Crippen molar-refractivity contribution < 1.29 is 14.6 Å². The molecule has 9 nitrogen and oxygen atoms in total. The smallest absolute Gasteiger partial charge is 0.404 e. The molecule has 2 aliphatic heterocycles. The Hall–Kier alpha value is -2.73. The third kappa shape index (κ3) is 5.24. The van der Waals surface area contributed by atoms with E-state index in [1.54, 1.807) is 0 Å². The van der Waals surface area contributed by atoms with E-state index in [4.69, 9.17) is 26.3 Å². The zero-order valence-corrected chi connectivity index (χ0v) is 24.9. The first-order valence-corrected chi connectivity index (χ1v) is 18.4. The Morgan fingerprint density at radius 3 is 2.69 bits per heavy atom. The van der Waals surface area contributed by atoms with Gasteiger partial charge in [0.2, 0.25) is 0 Å². The lowest BCUT2D eigenvalue weighted by molar-refractivity contribution is 0.0899. The van der Waals surface area contributed by atoms with Crippen molar-refractivity contribution in [3.05, 3.63) is 35.1 Å². The number of anilines is 1. The number of rotatable bonds is 8. The fourth-order valence-corrected chi connectivity index (χ4v) is 7.83. The van der Waals surface area contributed by atoms with Crippen LogP contribution in [0.25, 0.3) is 32.5 Å². The van der Waals surface area contributed by atoms with Gasteiger partial charge in [0.25, 0.3) is 0 Å². The Labute approximate surface area is 237 Å². The minimum absolute atomic E-state index is 0.0213. The van der Waals surface area contributed by atoms with Crippen molar-refractivity contribution in [3.8, 4) is 11.1 Å². The molecular weight excluding hydrogens is 552 g/mol. The lowest BCUT2D eigenvalue weighted by atomic mass is 9.97. The van der Waals surface area contributed by atoms with E-state index in [1.165, 1.54) is 11.3 Å². The van der Waals surface area contributed by atoms with Crippen LogP contribution < -0.4 is 10.2 Å². The van der Waals surface area contributed by atoms with E-state index in [9.17, 15) is 9.90 Å². The SMILES string of the molecule is C[Si](C)(C)CCOCn1cc(-c2ccc3ncsc3c2Cl)c2ncc(N3C4CCC3CC(NC(=O)O)C4)nc21. The topological polar surface area (TPSA) is 105 Å². The molecule has 2 atom stereocenters. The van der Waals surface area contributed by atoms with Crippen LogP contribution in [-0.2, 0) is 11.5 Å². The van der Waals surface area contributed by atoms with Gasteiger partial charge in [0.15, 0.2) is 5.65 Å². The van der Waals surface area contributed by atoms with Gasteiger partial charge in [-0.2, -0.15) is 0 Å². The first-order chi connectivity index (χ1) is 18.7. The van der Waals surface area contributed by atoms with Gasteiger partial charge in [-0.05, 0) is 37.8 Å². The van der Waals surface area contributed by atoms with E-state index in [0.717, 1.165) is 70.1 Å². The van der Waals surface area contributed by atoms with Gasteiger partial charge in [0.1, 0.15) is 18.1 Å². The van der Waals surface area contributed by atoms with Crippen molar-refractivity contribution >= 4 is 64.3 Å². The Balaban J connectivity index is 1.36. The highest BCUT2D eigenvalue weighted by atomic mass is 35.5. The molecule has 3 aromatic heterocycles. The number of nitrogens with zero attached hydrogens (tertiary/aromatic N) is 5. The number of amides is 1. The van der Waals surface area contributed by atoms with Crippen molar-refractivity contribution in [1.82, 2.24) is 24.8 Å². The van der Waals surface area contributed by atoms with Gasteiger partial charge in [0, 0.05) is 50.1 Å². The summed E-state index contributed by atoms with van der Waals surface area (Å²) in [6.07, 6.45) is 6.56. The molecule has 39 heavy (non-hydrogen) atoms. The lowest BCUT2D eigenvalue weighted by Crippen LogP contribution is -2.50. The molecule has 5 heterocycles. The van der Waals surface area contributed by atoms with E-state index in [2.05, 4.69) is 41.0 Å². The van der Waals surface area contributed by atoms with Crippen LogP contribution in [0, 0.1) is 0 Å². The fraction of sp³-hybridized carbons (Fsp3) is 0.481. The van der Waals surface area contributed by atoms with Gasteiger partial charge in [-0.25, -0.2) is 19.7 Å². The number of thiazole rings is 1. The molecule has 0 spiro atoms. The van der Waals surface area contributed by atoms with Crippen LogP contribution in [0.2, 0.25) is 30.7 Å². The van der Waals surface area contributed by atoms with Crippen molar-refractivity contribution in [3.63, 3.8) is 0 Å². The second kappa shape index (κ2) is 10.3. The summed E-state index contributed by atoms with van der Waals surface area (Å²) in [6.45, 7) is 8.13. The fourth-order valence-electron chi connectivity index (χ4n) is 5.95. The van der Waals surface area contributed by atoms with Crippen LogP contribution in [0.3, 0.4) is 0 Å². The standard InChI is InChI=1S/C27H33ClN6O3SSi/c1-39(2,3)9-8-37-15-33-13-20(19-6-7-21-25(23(19)28)38-14-30-21)24-26(33)32-22(12-29-24)34-17-4-5-18(34)11-16(10-17)31-27(35)36/h6-7,12-14,16-18,31H,4-5,8-11,15H2,1-3H3,(H,35,36). The van der Waals surface area contributed by atoms with Crippen molar-refractivity contribution in [1.29, 1.82) is 0 Å². The normalized spacial score (nSPS) is 21.2. The number of halogens is 1. The number of hydrogen-bond acceptors (Lipinski definition) is 7. The molecule has 0 aliphatic carbocycles. The Morgan fingerprint density at radius 2 is 1.97 bits per heavy atom. The number of carbonyl (C=O) groups is 1. The highest BCUT2D eigenvalue weighted by Gasteiger charge is 2.42. The molecule has 206 valence electrons. The second-order valence-corrected chi connectivity index (χ2v) is 18.7. The molecule has 1 aromatic carbocycles. The van der Waals surface area contributed by atoms with Gasteiger partial charge in [0.05, 0.1) is 26.9 Å². The number of fused-ring (bicyclic) bond motifs is 4. The van der Waals surface area contributed by atoms with E-state index in [0.29, 0.717) is 18.4 Å². The predicted molar refractivity (Wildman–Crippen MR) is 159 cm³/mol. The molecule has 6 rings (SSSR count). The van der Waals surface area contributed by atoms with Crippen LogP contribution >= 0.6 is 22.9 Å². The molecule has 12 heteroatoms. The number of hydrogen-bond donors (Lipinski definition) is 2. The summed E-state index contributed by atoms with van der Waals surface area (Å²) in [5.74, 6) is 0.834. The molecule has 2 aliphatic rings. The molecule has 2 saturated heterocycles. The maximum Gasteiger partial charge on any atom is 0.404 e. The highest BCUT2D eigenvalue weighted by molar-refractivity contribution is 7.17. The predicted octanol–water partition coefficient (Wildman–Crippen LogP) is 6.44. The molecule has 2 unspecified atom stereocenters. The van der Waals surface area contributed by atoms with Gasteiger partial charge in [-0.1, -0.05) is 37.3 Å². The molecule has 2 fully saturated rings. The van der Waals surface area contributed by atoms with Gasteiger partial charge >= 0.3 is 6.09 Å². The average molecular weight is 585 g/mol. The van der Waals surface area contributed by atoms with Crippen LogP contribution in [0.5, 0.6) is 0 Å². The molecule has 0 saturated carbocycles. The summed E-state index contributed by atoms with van der Waals surface area (Å²) >= 11 is 8.41. The zero-order chi connectivity index (χ0) is 27.3. The second-order valence-electron chi connectivity index (χ2n) is 11.8. The van der Waals surface area contributed by atoms with E-state index < -0.39 is 14.2 Å². The van der Waals surface area contributed by atoms with Crippen LogP contribution in [0.1, 0.15) is 25.7 Å². The Morgan fingerprint density at radius 1 is 1.21 bits per heavy atom. The number of nitrogens with one attached hydrogen (secondary N) is 1. The van der Waals surface area contributed by atoms with Crippen molar-refractivity contribution in [2.45, 2.75) is 76.2 Å². The Bertz CT molecular complexity index is 1520. The lowest BCUT2D eigenvalue weighted by Gasteiger charge is -2.39. The summed E-state index contributed by atoms with van der Waals surface area (Å²) in [5.41, 5.74) is 6.07. The minimum Gasteiger partial charge on any atom is -0.465 e. The van der Waals surface area contributed by atoms with Gasteiger partial charge < -0.3 is 24.6 Å². The minimum atomic E-state index is -1.21. The third-order valence-corrected chi connectivity index (χ3v) is 10.9. The maximum absolute atomic E-state index is 11.2. The average Bonchev–Trinajstić information content (AvgIpc) is 3.56. The third-order valence-electron chi connectivity index (χ3n) is 7.83. The van der Waals surface area contributed by atoms with Crippen molar-refractivity contribution in [2.75, 3.05) is 11.5 Å². The molecule has 0 radical (unpaired) electrons. The number of aromatic nitrogens is 4. The zero-order valence-electron chi connectivity index (χ0n) is 22.4. The van der Waals surface area contributed by atoms with Crippen LogP contribution in [0.4, 0.5) is 10.6 Å². The van der Waals surface area contributed by atoms with Crippen LogP contribution in [-0.4, -0.2) is 63.5 Å². The number of carboxylic acid groups (broad SMARTS) is 1. The van der Waals surface area contributed by atoms with Crippen molar-refractivity contribution in [2.24, 2.45) is 0 Å². The molecule has 2 N–H and O–H groups in total. The first kappa shape index (κ1) is 26.5. The van der Waals surface area contributed by atoms with Gasteiger partial charge in [-0.3, -0.25) is 0 Å². The largest absolute Gasteiger partial charge is 0.465 e. The highest BCUT2D eigenvalue weighted by Crippen LogP contribution is 2.41. The number of ether oxygens (including phenoxy) is 1. The molecule has 2 bridgehead atoms. The number of benzene rings is 1. The maximum atomic E-state index is 11.2. The van der Waals surface area contributed by atoms with E-state index >= 15 is 0 Å². The summed E-state index contributed by atoms with van der Waals surface area (Å²) in [4.78, 5) is 28.1. The quantitative estimate of drug-likeness (QED) is 0.181. The number of piperidine rings is 1. The van der Waals surface area contributed by atoms with Gasteiger partial charge in [-0.15, -0.1) is 11.3 Å². The van der Waals surface area contributed by atoms with E-state index in [1.807, 2.05) is 28.4 Å². The Kier molecular flexibility index (Phi) is 7.03.